The summed E-state index contributed by atoms with van der Waals surface area (Å²) in [7, 11) is 3.22. The van der Waals surface area contributed by atoms with Crippen molar-refractivity contribution in [3.8, 4) is 33.6 Å². The predicted octanol–water partition coefficient (Wildman–Crippen LogP) is 4.15. The van der Waals surface area contributed by atoms with Crippen molar-refractivity contribution in [2.24, 2.45) is 5.73 Å². The number of primary amides is 1. The summed E-state index contributed by atoms with van der Waals surface area (Å²) in [6.45, 7) is 2.45. The highest BCUT2D eigenvalue weighted by Gasteiger charge is 2.19. The third kappa shape index (κ3) is 4.15. The fourth-order valence-electron chi connectivity index (χ4n) is 3.42. The third-order valence-corrected chi connectivity index (χ3v) is 5.96. The molecule has 4 rings (SSSR count). The van der Waals surface area contributed by atoms with Crippen LogP contribution in [0, 0.1) is 6.92 Å². The maximum atomic E-state index is 12.0. The number of aromatic nitrogens is 3. The van der Waals surface area contributed by atoms with Gasteiger partial charge in [0.25, 0.3) is 5.91 Å². The Bertz CT molecular complexity index is 1230. The average molecular weight is 435 g/mol. The maximum Gasteiger partial charge on any atom is 0.250 e. The molecule has 4 aromatic rings. The van der Waals surface area contributed by atoms with Gasteiger partial charge in [-0.3, -0.25) is 4.79 Å². The van der Waals surface area contributed by atoms with Gasteiger partial charge in [0.15, 0.2) is 0 Å². The van der Waals surface area contributed by atoms with Gasteiger partial charge in [-0.05, 0) is 36.8 Å². The zero-order valence-corrected chi connectivity index (χ0v) is 18.3. The number of hydrogen-bond acceptors (Lipinski definition) is 6. The van der Waals surface area contributed by atoms with Crippen LogP contribution in [0.4, 0.5) is 0 Å². The van der Waals surface area contributed by atoms with E-state index in [4.69, 9.17) is 20.2 Å². The van der Waals surface area contributed by atoms with Crippen molar-refractivity contribution < 1.29 is 14.3 Å². The zero-order chi connectivity index (χ0) is 22.0. The number of nitrogens with zero attached hydrogens (tertiary/aromatic N) is 3. The third-order valence-electron chi connectivity index (χ3n) is 5.07. The van der Waals surface area contributed by atoms with Gasteiger partial charge in [-0.25, -0.2) is 9.97 Å². The first kappa shape index (κ1) is 20.6. The van der Waals surface area contributed by atoms with E-state index < -0.39 is 5.91 Å². The van der Waals surface area contributed by atoms with Crippen LogP contribution in [0.25, 0.3) is 22.0 Å². The molecule has 0 bridgehead atoms. The van der Waals surface area contributed by atoms with Crippen molar-refractivity contribution in [3.05, 3.63) is 70.9 Å². The molecule has 3 aromatic heterocycles. The summed E-state index contributed by atoms with van der Waals surface area (Å²) in [5, 5.41) is 2.80. The number of carbonyl (C=O) groups is 1. The molecule has 0 spiro atoms. The topological polar surface area (TPSA) is 92.3 Å². The second-order valence-corrected chi connectivity index (χ2v) is 7.82. The van der Waals surface area contributed by atoms with Crippen LogP contribution in [0.3, 0.4) is 0 Å². The smallest absolute Gasteiger partial charge is 0.250 e. The van der Waals surface area contributed by atoms with Gasteiger partial charge in [0.2, 0.25) is 5.88 Å². The maximum absolute atomic E-state index is 12.0. The molecule has 1 aromatic carbocycles. The Hall–Kier alpha value is -3.65. The van der Waals surface area contributed by atoms with Crippen molar-refractivity contribution in [1.29, 1.82) is 0 Å². The standard InChI is InChI=1S/C23H22N4O3S/c1-14-18(22(24)28)10-20(27(14)12-15-5-4-6-17(9-15)29-2)19-13-31-23(26-19)16-7-8-21(30-3)25-11-16/h4-11,13H,12H2,1-3H3,(H2,24,28). The van der Waals surface area contributed by atoms with Crippen LogP contribution in [0.15, 0.2) is 54.0 Å². The molecule has 0 fully saturated rings. The summed E-state index contributed by atoms with van der Waals surface area (Å²) in [6, 6.07) is 13.4. The first-order chi connectivity index (χ1) is 15.0. The Labute approximate surface area is 184 Å². The minimum Gasteiger partial charge on any atom is -0.497 e. The normalized spacial score (nSPS) is 10.8. The highest BCUT2D eigenvalue weighted by molar-refractivity contribution is 7.13. The monoisotopic (exact) mass is 434 g/mol. The van der Waals surface area contributed by atoms with Crippen molar-refractivity contribution in [2.75, 3.05) is 14.2 Å². The molecule has 0 saturated carbocycles. The summed E-state index contributed by atoms with van der Waals surface area (Å²) in [4.78, 5) is 21.1. The van der Waals surface area contributed by atoms with E-state index in [1.54, 1.807) is 26.5 Å². The number of hydrogen-bond donors (Lipinski definition) is 1. The van der Waals surface area contributed by atoms with Crippen molar-refractivity contribution >= 4 is 17.2 Å². The molecule has 7 nitrogen and oxygen atoms in total. The largest absolute Gasteiger partial charge is 0.497 e. The Morgan fingerprint density at radius 2 is 2.00 bits per heavy atom. The first-order valence-corrected chi connectivity index (χ1v) is 10.5. The van der Waals surface area contributed by atoms with Gasteiger partial charge in [-0.15, -0.1) is 11.3 Å². The molecular formula is C23H22N4O3S. The minimum absolute atomic E-state index is 0.460. The molecule has 0 aliphatic heterocycles. The fraction of sp³-hybridized carbons (Fsp3) is 0.174. The van der Waals surface area contributed by atoms with Crippen LogP contribution in [-0.2, 0) is 6.54 Å². The number of ether oxygens (including phenoxy) is 2. The molecule has 31 heavy (non-hydrogen) atoms. The van der Waals surface area contributed by atoms with Crippen LogP contribution in [-0.4, -0.2) is 34.7 Å². The van der Waals surface area contributed by atoms with Gasteiger partial charge >= 0.3 is 0 Å². The lowest BCUT2D eigenvalue weighted by atomic mass is 10.2. The first-order valence-electron chi connectivity index (χ1n) is 9.59. The van der Waals surface area contributed by atoms with Crippen LogP contribution < -0.4 is 15.2 Å². The van der Waals surface area contributed by atoms with Gasteiger partial charge in [0.1, 0.15) is 10.8 Å². The van der Waals surface area contributed by atoms with E-state index in [9.17, 15) is 4.79 Å². The molecule has 1 amide bonds. The van der Waals surface area contributed by atoms with Crippen LogP contribution >= 0.6 is 11.3 Å². The Morgan fingerprint density at radius 3 is 2.68 bits per heavy atom. The number of carbonyl (C=O) groups excluding carboxylic acids is 1. The van der Waals surface area contributed by atoms with Crippen molar-refractivity contribution in [1.82, 2.24) is 14.5 Å². The second-order valence-electron chi connectivity index (χ2n) is 6.96. The van der Waals surface area contributed by atoms with E-state index in [2.05, 4.69) is 9.55 Å². The molecule has 0 unspecified atom stereocenters. The lowest BCUT2D eigenvalue weighted by molar-refractivity contribution is 0.0999. The van der Waals surface area contributed by atoms with Gasteiger partial charge in [0.05, 0.1) is 31.2 Å². The van der Waals surface area contributed by atoms with E-state index in [1.807, 2.05) is 48.7 Å². The minimum atomic E-state index is -0.460. The Kier molecular flexibility index (Phi) is 5.73. The molecule has 158 valence electrons. The summed E-state index contributed by atoms with van der Waals surface area (Å²) in [5.41, 5.74) is 10.5. The number of amides is 1. The van der Waals surface area contributed by atoms with E-state index >= 15 is 0 Å². The van der Waals surface area contributed by atoms with E-state index in [0.717, 1.165) is 39.0 Å². The molecule has 0 aliphatic carbocycles. The Morgan fingerprint density at radius 1 is 1.16 bits per heavy atom. The lowest BCUT2D eigenvalue weighted by Crippen LogP contribution is -2.12. The Balaban J connectivity index is 1.74. The molecule has 0 saturated heterocycles. The van der Waals surface area contributed by atoms with Crippen LogP contribution in [0.2, 0.25) is 0 Å². The van der Waals surface area contributed by atoms with E-state index in [1.165, 1.54) is 11.3 Å². The summed E-state index contributed by atoms with van der Waals surface area (Å²) in [5.74, 6) is 0.870. The van der Waals surface area contributed by atoms with E-state index in [0.29, 0.717) is 18.0 Å². The summed E-state index contributed by atoms with van der Waals surface area (Å²) < 4.78 is 12.5. The molecule has 0 atom stereocenters. The summed E-state index contributed by atoms with van der Waals surface area (Å²) in [6.07, 6.45) is 1.73. The molecule has 3 heterocycles. The SMILES string of the molecule is COc1cccc(Cn2c(-c3csc(-c4ccc(OC)nc4)n3)cc(C(N)=O)c2C)c1. The van der Waals surface area contributed by atoms with Crippen LogP contribution in [0.5, 0.6) is 11.6 Å². The van der Waals surface area contributed by atoms with Gasteiger partial charge in [0, 0.05) is 35.4 Å². The number of pyridine rings is 1. The van der Waals surface area contributed by atoms with Gasteiger partial charge < -0.3 is 19.8 Å². The molecular weight excluding hydrogens is 412 g/mol. The van der Waals surface area contributed by atoms with Crippen molar-refractivity contribution in [2.45, 2.75) is 13.5 Å². The summed E-state index contributed by atoms with van der Waals surface area (Å²) >= 11 is 1.51. The second kappa shape index (κ2) is 8.61. The van der Waals surface area contributed by atoms with Crippen molar-refractivity contribution in [3.63, 3.8) is 0 Å². The van der Waals surface area contributed by atoms with Gasteiger partial charge in [-0.2, -0.15) is 0 Å². The number of rotatable bonds is 7. The highest BCUT2D eigenvalue weighted by Crippen LogP contribution is 2.32. The number of methoxy groups -OCH3 is 2. The molecule has 2 N–H and O–H groups in total. The predicted molar refractivity (Wildman–Crippen MR) is 121 cm³/mol. The zero-order valence-electron chi connectivity index (χ0n) is 17.5. The molecule has 0 aliphatic rings. The van der Waals surface area contributed by atoms with E-state index in [-0.39, 0.29) is 0 Å². The highest BCUT2D eigenvalue weighted by atomic mass is 32.1. The quantitative estimate of drug-likeness (QED) is 0.472. The number of benzene rings is 1. The molecule has 8 heteroatoms. The van der Waals surface area contributed by atoms with Gasteiger partial charge in [-0.1, -0.05) is 12.1 Å². The fourth-order valence-corrected chi connectivity index (χ4v) is 4.22. The molecule has 0 radical (unpaired) electrons. The number of thiazole rings is 1. The van der Waals surface area contributed by atoms with Crippen LogP contribution in [0.1, 0.15) is 21.6 Å². The lowest BCUT2D eigenvalue weighted by Gasteiger charge is -2.12. The number of nitrogens with two attached hydrogens (primary N) is 1. The average Bonchev–Trinajstić information content (AvgIpc) is 3.39.